The Morgan fingerprint density at radius 2 is 1.85 bits per heavy atom. The van der Waals surface area contributed by atoms with Crippen molar-refractivity contribution < 1.29 is 17.9 Å². The molecule has 0 bridgehead atoms. The maximum absolute atomic E-state index is 12.5. The molecule has 140 valence electrons. The van der Waals surface area contributed by atoms with Gasteiger partial charge in [-0.25, -0.2) is 8.42 Å². The minimum atomic E-state index is -3.36. The van der Waals surface area contributed by atoms with Crippen LogP contribution < -0.4 is 10.1 Å². The molecule has 0 fully saturated rings. The normalized spacial score (nSPS) is 12.7. The van der Waals surface area contributed by atoms with Crippen LogP contribution in [0.25, 0.3) is 0 Å². The highest BCUT2D eigenvalue weighted by Gasteiger charge is 2.20. The number of nitrogens with zero attached hydrogens (tertiary/aromatic N) is 1. The molecule has 1 N–H and O–H groups in total. The van der Waals surface area contributed by atoms with Crippen molar-refractivity contribution in [1.82, 2.24) is 10.2 Å². The summed E-state index contributed by atoms with van der Waals surface area (Å²) in [5.74, 6) is 0.428. The van der Waals surface area contributed by atoms with Crippen molar-refractivity contribution in [2.75, 3.05) is 34.0 Å². The fourth-order valence-corrected chi connectivity index (χ4v) is 3.34. The fourth-order valence-electron chi connectivity index (χ4n) is 2.67. The Morgan fingerprint density at radius 3 is 2.46 bits per heavy atom. The van der Waals surface area contributed by atoms with Gasteiger partial charge in [-0.05, 0) is 38.4 Å². The summed E-state index contributed by atoms with van der Waals surface area (Å²) in [7, 11) is 2.10. The van der Waals surface area contributed by atoms with E-state index >= 15 is 0 Å². The summed E-state index contributed by atoms with van der Waals surface area (Å²) in [6, 6.07) is 13.6. The highest BCUT2D eigenvalue weighted by atomic mass is 32.2. The molecule has 2 rings (SSSR count). The lowest BCUT2D eigenvalue weighted by Crippen LogP contribution is -2.34. The predicted octanol–water partition coefficient (Wildman–Crippen LogP) is 2.13. The third-order valence-corrected chi connectivity index (χ3v) is 5.21. The second kappa shape index (κ2) is 8.33. The number of carbonyl (C=O) groups excluding carboxylic acids is 1. The zero-order valence-corrected chi connectivity index (χ0v) is 16.2. The zero-order chi connectivity index (χ0) is 19.3. The summed E-state index contributed by atoms with van der Waals surface area (Å²) in [6.45, 7) is 0.356. The van der Waals surface area contributed by atoms with E-state index in [1.54, 1.807) is 19.2 Å². The van der Waals surface area contributed by atoms with Gasteiger partial charge in [0.1, 0.15) is 5.75 Å². The van der Waals surface area contributed by atoms with Gasteiger partial charge in [0.05, 0.1) is 18.0 Å². The van der Waals surface area contributed by atoms with Crippen molar-refractivity contribution in [3.05, 3.63) is 59.7 Å². The molecule has 7 heteroatoms. The fraction of sp³-hybridized carbons (Fsp3) is 0.316. The molecule has 0 aliphatic heterocycles. The van der Waals surface area contributed by atoms with Gasteiger partial charge in [-0.3, -0.25) is 4.79 Å². The number of likely N-dealkylation sites (N-methyl/N-ethyl adjacent to an activating group) is 1. The summed E-state index contributed by atoms with van der Waals surface area (Å²) in [5.41, 5.74) is 1.27. The lowest BCUT2D eigenvalue weighted by Gasteiger charge is -2.26. The Balaban J connectivity index is 2.18. The van der Waals surface area contributed by atoms with E-state index < -0.39 is 9.84 Å². The smallest absolute Gasteiger partial charge is 0.251 e. The quantitative estimate of drug-likeness (QED) is 0.801. The Kier molecular flexibility index (Phi) is 6.39. The first-order valence-corrected chi connectivity index (χ1v) is 10.0. The number of rotatable bonds is 7. The molecule has 1 amide bonds. The second-order valence-corrected chi connectivity index (χ2v) is 8.25. The number of methoxy groups -OCH3 is 1. The number of hydrogen-bond acceptors (Lipinski definition) is 5. The van der Waals surface area contributed by atoms with Crippen molar-refractivity contribution in [3.63, 3.8) is 0 Å². The predicted molar refractivity (Wildman–Crippen MR) is 101 cm³/mol. The first kappa shape index (κ1) is 19.9. The van der Waals surface area contributed by atoms with E-state index in [0.29, 0.717) is 12.1 Å². The zero-order valence-electron chi connectivity index (χ0n) is 15.4. The number of nitrogens with one attached hydrogen (secondary N) is 1. The topological polar surface area (TPSA) is 75.7 Å². The first-order valence-electron chi connectivity index (χ1n) is 8.11. The number of para-hydroxylation sites is 1. The summed E-state index contributed by atoms with van der Waals surface area (Å²) in [6.07, 6.45) is 1.12. The molecule has 0 saturated heterocycles. The van der Waals surface area contributed by atoms with Crippen LogP contribution in [-0.2, 0) is 9.84 Å². The van der Waals surface area contributed by atoms with Crippen molar-refractivity contribution in [3.8, 4) is 5.75 Å². The SMILES string of the molecule is COc1ccccc1C(CNC(=O)c1cccc(S(C)(=O)=O)c1)N(C)C. The molecule has 2 aromatic carbocycles. The standard InChI is InChI=1S/C19H24N2O4S/c1-21(2)17(16-10-5-6-11-18(16)25-3)13-20-19(22)14-8-7-9-15(12-14)26(4,23)24/h5-12,17H,13H2,1-4H3,(H,20,22). The van der Waals surface area contributed by atoms with E-state index in [4.69, 9.17) is 4.74 Å². The van der Waals surface area contributed by atoms with Gasteiger partial charge >= 0.3 is 0 Å². The molecular formula is C19H24N2O4S. The van der Waals surface area contributed by atoms with Crippen LogP contribution in [0.4, 0.5) is 0 Å². The van der Waals surface area contributed by atoms with Crippen molar-refractivity contribution >= 4 is 15.7 Å². The second-order valence-electron chi connectivity index (χ2n) is 6.23. The molecule has 0 spiro atoms. The number of ether oxygens (including phenoxy) is 1. The summed E-state index contributed by atoms with van der Waals surface area (Å²) >= 11 is 0. The first-order chi connectivity index (χ1) is 12.2. The van der Waals surface area contributed by atoms with E-state index in [9.17, 15) is 13.2 Å². The average molecular weight is 376 g/mol. The number of sulfone groups is 1. The molecule has 6 nitrogen and oxygen atoms in total. The van der Waals surface area contributed by atoms with Crippen molar-refractivity contribution in [1.29, 1.82) is 0 Å². The molecular weight excluding hydrogens is 352 g/mol. The minimum Gasteiger partial charge on any atom is -0.496 e. The highest BCUT2D eigenvalue weighted by Crippen LogP contribution is 2.27. The van der Waals surface area contributed by atoms with Gasteiger partial charge in [-0.1, -0.05) is 24.3 Å². The van der Waals surface area contributed by atoms with Gasteiger partial charge in [0.25, 0.3) is 5.91 Å². The molecule has 0 heterocycles. The van der Waals surface area contributed by atoms with Gasteiger partial charge in [0, 0.05) is 23.9 Å². The molecule has 0 aliphatic rings. The van der Waals surface area contributed by atoms with E-state index in [-0.39, 0.29) is 16.8 Å². The van der Waals surface area contributed by atoms with Crippen LogP contribution in [0, 0.1) is 0 Å². The van der Waals surface area contributed by atoms with E-state index in [1.807, 2.05) is 43.3 Å². The van der Waals surface area contributed by atoms with Gasteiger partial charge in [0.15, 0.2) is 9.84 Å². The molecule has 26 heavy (non-hydrogen) atoms. The summed E-state index contributed by atoms with van der Waals surface area (Å²) < 4.78 is 28.7. The molecule has 2 aromatic rings. The molecule has 0 aliphatic carbocycles. The molecule has 0 saturated carbocycles. The monoisotopic (exact) mass is 376 g/mol. The Labute approximate surface area is 154 Å². The summed E-state index contributed by atoms with van der Waals surface area (Å²) in [5, 5.41) is 2.88. The third-order valence-electron chi connectivity index (χ3n) is 4.10. The highest BCUT2D eigenvalue weighted by molar-refractivity contribution is 7.90. The Hall–Kier alpha value is -2.38. The Morgan fingerprint density at radius 1 is 1.15 bits per heavy atom. The largest absolute Gasteiger partial charge is 0.496 e. The van der Waals surface area contributed by atoms with Gasteiger partial charge in [0.2, 0.25) is 0 Å². The maximum Gasteiger partial charge on any atom is 0.251 e. The molecule has 0 radical (unpaired) electrons. The van der Waals surface area contributed by atoms with E-state index in [2.05, 4.69) is 5.32 Å². The van der Waals surface area contributed by atoms with Gasteiger partial charge in [-0.15, -0.1) is 0 Å². The summed E-state index contributed by atoms with van der Waals surface area (Å²) in [4.78, 5) is 14.6. The number of carbonyl (C=O) groups is 1. The van der Waals surface area contributed by atoms with Crippen LogP contribution in [0.15, 0.2) is 53.4 Å². The maximum atomic E-state index is 12.5. The van der Waals surface area contributed by atoms with Crippen LogP contribution in [0.1, 0.15) is 22.0 Å². The van der Waals surface area contributed by atoms with Crippen molar-refractivity contribution in [2.24, 2.45) is 0 Å². The molecule has 1 atom stereocenters. The van der Waals surface area contributed by atoms with Crippen LogP contribution in [-0.4, -0.2) is 53.2 Å². The lowest BCUT2D eigenvalue weighted by atomic mass is 10.0. The van der Waals surface area contributed by atoms with Gasteiger partial charge < -0.3 is 15.0 Å². The van der Waals surface area contributed by atoms with Gasteiger partial charge in [-0.2, -0.15) is 0 Å². The van der Waals surface area contributed by atoms with Crippen LogP contribution in [0.5, 0.6) is 5.75 Å². The number of benzene rings is 2. The minimum absolute atomic E-state index is 0.0896. The van der Waals surface area contributed by atoms with Crippen LogP contribution >= 0.6 is 0 Å². The van der Waals surface area contributed by atoms with Crippen LogP contribution in [0.2, 0.25) is 0 Å². The average Bonchev–Trinajstić information content (AvgIpc) is 2.61. The third kappa shape index (κ3) is 4.83. The van der Waals surface area contributed by atoms with Crippen molar-refractivity contribution in [2.45, 2.75) is 10.9 Å². The van der Waals surface area contributed by atoms with E-state index in [0.717, 1.165) is 17.6 Å². The Bertz CT molecular complexity index is 879. The molecule has 1 unspecified atom stereocenters. The molecule has 0 aromatic heterocycles. The van der Waals surface area contributed by atoms with Crippen LogP contribution in [0.3, 0.4) is 0 Å². The van der Waals surface area contributed by atoms with E-state index in [1.165, 1.54) is 12.1 Å². The number of hydrogen-bond donors (Lipinski definition) is 1. The number of amides is 1. The lowest BCUT2D eigenvalue weighted by molar-refractivity contribution is 0.0941.